The predicted octanol–water partition coefficient (Wildman–Crippen LogP) is 3.81. The molecule has 0 aliphatic rings. The number of nitrogens with one attached hydrogen (secondary N) is 1. The number of hydrogen-bond acceptors (Lipinski definition) is 2. The molecule has 0 saturated heterocycles. The van der Waals surface area contributed by atoms with Crippen molar-refractivity contribution in [3.8, 4) is 0 Å². The molecule has 20 heavy (non-hydrogen) atoms. The van der Waals surface area contributed by atoms with Crippen LogP contribution < -0.4 is 5.32 Å². The lowest BCUT2D eigenvalue weighted by Crippen LogP contribution is -2.42. The summed E-state index contributed by atoms with van der Waals surface area (Å²) < 4.78 is 0.736. The van der Waals surface area contributed by atoms with Crippen molar-refractivity contribution in [3.63, 3.8) is 0 Å². The van der Waals surface area contributed by atoms with Crippen LogP contribution in [0.3, 0.4) is 0 Å². The summed E-state index contributed by atoms with van der Waals surface area (Å²) in [5.74, 6) is 0.479. The van der Waals surface area contributed by atoms with E-state index in [4.69, 9.17) is 11.6 Å². The third-order valence-corrected chi connectivity index (χ3v) is 4.07. The number of nitrogens with zero attached hydrogens (tertiary/aromatic N) is 1. The van der Waals surface area contributed by atoms with Gasteiger partial charge in [0.2, 0.25) is 0 Å². The number of hydrogen-bond donors (Lipinski definition) is 1. The maximum absolute atomic E-state index is 12.3. The minimum Gasteiger partial charge on any atom is -0.348 e. The monoisotopic (exact) mass is 360 g/mol. The van der Waals surface area contributed by atoms with Crippen molar-refractivity contribution >= 4 is 33.4 Å². The van der Waals surface area contributed by atoms with Crippen LogP contribution in [0.15, 0.2) is 22.7 Å². The first-order valence-electron chi connectivity index (χ1n) is 6.70. The fourth-order valence-electron chi connectivity index (χ4n) is 2.10. The highest BCUT2D eigenvalue weighted by Gasteiger charge is 2.16. The Hall–Kier alpha value is -0.580. The van der Waals surface area contributed by atoms with E-state index in [0.29, 0.717) is 16.5 Å². The molecule has 5 heteroatoms. The Labute approximate surface area is 134 Å². The molecule has 0 fully saturated rings. The highest BCUT2D eigenvalue weighted by Crippen LogP contribution is 2.23. The van der Waals surface area contributed by atoms with Gasteiger partial charge in [0.15, 0.2) is 0 Å². The smallest absolute Gasteiger partial charge is 0.251 e. The van der Waals surface area contributed by atoms with E-state index in [2.05, 4.69) is 40.0 Å². The molecule has 0 bridgehead atoms. The van der Waals surface area contributed by atoms with Crippen LogP contribution in [0.5, 0.6) is 0 Å². The second-order valence-corrected chi connectivity index (χ2v) is 6.95. The van der Waals surface area contributed by atoms with Crippen molar-refractivity contribution < 1.29 is 4.79 Å². The molecule has 1 aromatic rings. The van der Waals surface area contributed by atoms with Crippen molar-refractivity contribution in [2.75, 3.05) is 20.6 Å². The van der Waals surface area contributed by atoms with E-state index in [0.717, 1.165) is 17.4 Å². The molecule has 0 saturated carbocycles. The third-order valence-electron chi connectivity index (χ3n) is 2.86. The molecule has 1 N–H and O–H groups in total. The first-order valence-corrected chi connectivity index (χ1v) is 7.87. The standard InChI is InChI=1S/C15H22BrClN2O/c1-10(2)7-12(9-19(3)4)18-15(20)11-5-6-14(17)13(16)8-11/h5-6,8,10,12H,7,9H2,1-4H3,(H,18,20). The molecule has 1 rings (SSSR count). The van der Waals surface area contributed by atoms with Crippen LogP contribution in [0.2, 0.25) is 5.02 Å². The lowest BCUT2D eigenvalue weighted by atomic mass is 10.0. The van der Waals surface area contributed by atoms with E-state index in [-0.39, 0.29) is 11.9 Å². The van der Waals surface area contributed by atoms with Gasteiger partial charge in [-0.2, -0.15) is 0 Å². The summed E-state index contributed by atoms with van der Waals surface area (Å²) in [5, 5.41) is 3.70. The summed E-state index contributed by atoms with van der Waals surface area (Å²) in [4.78, 5) is 14.4. The van der Waals surface area contributed by atoms with Crippen LogP contribution >= 0.6 is 27.5 Å². The zero-order chi connectivity index (χ0) is 15.3. The molecule has 0 aromatic heterocycles. The lowest BCUT2D eigenvalue weighted by Gasteiger charge is -2.24. The molecule has 112 valence electrons. The second kappa shape index (κ2) is 8.01. The van der Waals surface area contributed by atoms with E-state index in [1.807, 2.05) is 14.1 Å². The van der Waals surface area contributed by atoms with Crippen LogP contribution in [0.4, 0.5) is 0 Å². The van der Waals surface area contributed by atoms with Gasteiger partial charge < -0.3 is 10.2 Å². The Morgan fingerprint density at radius 2 is 2.05 bits per heavy atom. The quantitative estimate of drug-likeness (QED) is 0.835. The van der Waals surface area contributed by atoms with Gasteiger partial charge in [-0.3, -0.25) is 4.79 Å². The van der Waals surface area contributed by atoms with E-state index in [1.165, 1.54) is 0 Å². The van der Waals surface area contributed by atoms with Crippen molar-refractivity contribution in [2.45, 2.75) is 26.3 Å². The largest absolute Gasteiger partial charge is 0.348 e. The van der Waals surface area contributed by atoms with Crippen molar-refractivity contribution in [2.24, 2.45) is 5.92 Å². The number of likely N-dealkylation sites (N-methyl/N-ethyl adjacent to an activating group) is 1. The first kappa shape index (κ1) is 17.5. The van der Waals surface area contributed by atoms with Crippen LogP contribution in [-0.2, 0) is 0 Å². The SMILES string of the molecule is CC(C)CC(CN(C)C)NC(=O)c1ccc(Cl)c(Br)c1. The molecule has 0 radical (unpaired) electrons. The number of carbonyl (C=O) groups is 1. The second-order valence-electron chi connectivity index (χ2n) is 5.69. The zero-order valence-corrected chi connectivity index (χ0v) is 14.8. The fourth-order valence-corrected chi connectivity index (χ4v) is 2.59. The Morgan fingerprint density at radius 3 is 2.55 bits per heavy atom. The summed E-state index contributed by atoms with van der Waals surface area (Å²) in [7, 11) is 4.02. The maximum Gasteiger partial charge on any atom is 0.251 e. The molecule has 0 aliphatic carbocycles. The molecule has 1 atom stereocenters. The predicted molar refractivity (Wildman–Crippen MR) is 88.4 cm³/mol. The molecular weight excluding hydrogens is 340 g/mol. The Balaban J connectivity index is 2.76. The summed E-state index contributed by atoms with van der Waals surface area (Å²) >= 11 is 9.28. The number of halogens is 2. The third kappa shape index (κ3) is 5.81. The Kier molecular flexibility index (Phi) is 7.00. The molecule has 0 spiro atoms. The number of rotatable bonds is 6. The zero-order valence-electron chi connectivity index (χ0n) is 12.4. The summed E-state index contributed by atoms with van der Waals surface area (Å²) in [6, 6.07) is 5.36. The van der Waals surface area contributed by atoms with Crippen LogP contribution in [0.25, 0.3) is 0 Å². The van der Waals surface area contributed by atoms with Gasteiger partial charge in [-0.1, -0.05) is 25.4 Å². The van der Waals surface area contributed by atoms with Gasteiger partial charge in [0.05, 0.1) is 5.02 Å². The number of amides is 1. The van der Waals surface area contributed by atoms with Crippen molar-refractivity contribution in [1.82, 2.24) is 10.2 Å². The van der Waals surface area contributed by atoms with Gasteiger partial charge in [0, 0.05) is 22.6 Å². The normalized spacial score (nSPS) is 12.8. The van der Waals surface area contributed by atoms with Crippen LogP contribution in [-0.4, -0.2) is 37.5 Å². The van der Waals surface area contributed by atoms with Crippen LogP contribution in [0.1, 0.15) is 30.6 Å². The summed E-state index contributed by atoms with van der Waals surface area (Å²) in [6.45, 7) is 5.15. The first-order chi connectivity index (χ1) is 9.29. The van der Waals surface area contributed by atoms with Crippen LogP contribution in [0, 0.1) is 5.92 Å². The van der Waals surface area contributed by atoms with E-state index in [9.17, 15) is 4.79 Å². The number of benzene rings is 1. The molecular formula is C15H22BrClN2O. The molecule has 1 amide bonds. The van der Waals surface area contributed by atoms with E-state index >= 15 is 0 Å². The summed E-state index contributed by atoms with van der Waals surface area (Å²) in [5.41, 5.74) is 0.619. The molecule has 1 unspecified atom stereocenters. The van der Waals surface area contributed by atoms with Gasteiger partial charge in [-0.15, -0.1) is 0 Å². The molecule has 0 aliphatic heterocycles. The Bertz CT molecular complexity index is 453. The lowest BCUT2D eigenvalue weighted by molar-refractivity contribution is 0.0924. The van der Waals surface area contributed by atoms with Crippen molar-refractivity contribution in [3.05, 3.63) is 33.3 Å². The number of carbonyl (C=O) groups excluding carboxylic acids is 1. The average molecular weight is 362 g/mol. The van der Waals surface area contributed by atoms with Gasteiger partial charge in [0.1, 0.15) is 0 Å². The molecule has 3 nitrogen and oxygen atoms in total. The molecule has 0 heterocycles. The van der Waals surface area contributed by atoms with E-state index < -0.39 is 0 Å². The Morgan fingerprint density at radius 1 is 1.40 bits per heavy atom. The van der Waals surface area contributed by atoms with Crippen molar-refractivity contribution in [1.29, 1.82) is 0 Å². The van der Waals surface area contributed by atoms with Gasteiger partial charge in [-0.25, -0.2) is 0 Å². The minimum atomic E-state index is -0.0603. The maximum atomic E-state index is 12.3. The average Bonchev–Trinajstić information content (AvgIpc) is 2.30. The van der Waals surface area contributed by atoms with Gasteiger partial charge in [-0.05, 0) is 60.6 Å². The minimum absolute atomic E-state index is 0.0603. The highest BCUT2D eigenvalue weighted by atomic mass is 79.9. The highest BCUT2D eigenvalue weighted by molar-refractivity contribution is 9.10. The van der Waals surface area contributed by atoms with E-state index in [1.54, 1.807) is 18.2 Å². The fraction of sp³-hybridized carbons (Fsp3) is 0.533. The van der Waals surface area contributed by atoms with Gasteiger partial charge in [0.25, 0.3) is 5.91 Å². The van der Waals surface area contributed by atoms with Gasteiger partial charge >= 0.3 is 0 Å². The molecule has 1 aromatic carbocycles. The summed E-state index contributed by atoms with van der Waals surface area (Å²) in [6.07, 6.45) is 0.957. The topological polar surface area (TPSA) is 32.3 Å².